The van der Waals surface area contributed by atoms with Crippen molar-refractivity contribution in [3.8, 4) is 0 Å². The molecule has 2 unspecified atom stereocenters. The van der Waals surface area contributed by atoms with Crippen LogP contribution in [0.1, 0.15) is 63.6 Å². The van der Waals surface area contributed by atoms with Crippen molar-refractivity contribution in [2.45, 2.75) is 58.6 Å². The third-order valence-corrected chi connectivity index (χ3v) is 3.72. The Kier molecular flexibility index (Phi) is 7.11. The summed E-state index contributed by atoms with van der Waals surface area (Å²) >= 11 is 0. The standard InChI is InChI=1S/C17H29NO/c1-6-18-17(12-7-14(4)19-5)16-10-8-15(9-11-16)13(2)3/h8-11,13-14,17-18H,6-7,12H2,1-5H3. The van der Waals surface area contributed by atoms with Crippen molar-refractivity contribution in [2.24, 2.45) is 0 Å². The maximum atomic E-state index is 5.34. The Morgan fingerprint density at radius 1 is 1.00 bits per heavy atom. The molecule has 0 amide bonds. The molecule has 0 heterocycles. The average Bonchev–Trinajstić information content (AvgIpc) is 2.43. The molecule has 0 bridgehead atoms. The third kappa shape index (κ3) is 5.33. The van der Waals surface area contributed by atoms with E-state index in [0.29, 0.717) is 18.1 Å². The summed E-state index contributed by atoms with van der Waals surface area (Å²) in [6, 6.07) is 9.47. The van der Waals surface area contributed by atoms with Crippen LogP contribution in [0.5, 0.6) is 0 Å². The molecule has 0 saturated heterocycles. The van der Waals surface area contributed by atoms with E-state index in [1.165, 1.54) is 11.1 Å². The van der Waals surface area contributed by atoms with Gasteiger partial charge in [0.2, 0.25) is 0 Å². The first-order chi connectivity index (χ1) is 9.08. The lowest BCUT2D eigenvalue weighted by atomic mass is 9.96. The summed E-state index contributed by atoms with van der Waals surface area (Å²) in [6.07, 6.45) is 2.53. The van der Waals surface area contributed by atoms with Gasteiger partial charge in [0.05, 0.1) is 6.10 Å². The predicted octanol–water partition coefficient (Wildman–Crippen LogP) is 4.28. The smallest absolute Gasteiger partial charge is 0.0543 e. The summed E-state index contributed by atoms with van der Waals surface area (Å²) < 4.78 is 5.34. The fraction of sp³-hybridized carbons (Fsp3) is 0.647. The second-order valence-electron chi connectivity index (χ2n) is 5.56. The van der Waals surface area contributed by atoms with Crippen molar-refractivity contribution in [3.05, 3.63) is 35.4 Å². The van der Waals surface area contributed by atoms with Gasteiger partial charge in [0.1, 0.15) is 0 Å². The highest BCUT2D eigenvalue weighted by Crippen LogP contribution is 2.22. The molecule has 1 aromatic carbocycles. The molecule has 0 spiro atoms. The van der Waals surface area contributed by atoms with E-state index < -0.39 is 0 Å². The fourth-order valence-electron chi connectivity index (χ4n) is 2.27. The van der Waals surface area contributed by atoms with Crippen molar-refractivity contribution in [2.75, 3.05) is 13.7 Å². The van der Waals surface area contributed by atoms with Crippen molar-refractivity contribution in [3.63, 3.8) is 0 Å². The fourth-order valence-corrected chi connectivity index (χ4v) is 2.27. The Morgan fingerprint density at radius 3 is 2.05 bits per heavy atom. The highest BCUT2D eigenvalue weighted by Gasteiger charge is 2.12. The molecule has 0 aliphatic heterocycles. The number of ether oxygens (including phenoxy) is 1. The van der Waals surface area contributed by atoms with E-state index in [-0.39, 0.29) is 0 Å². The minimum absolute atomic E-state index is 0.330. The van der Waals surface area contributed by atoms with Gasteiger partial charge in [-0.2, -0.15) is 0 Å². The van der Waals surface area contributed by atoms with Gasteiger partial charge in [0.15, 0.2) is 0 Å². The van der Waals surface area contributed by atoms with Crippen molar-refractivity contribution in [1.29, 1.82) is 0 Å². The zero-order valence-electron chi connectivity index (χ0n) is 13.1. The number of nitrogens with one attached hydrogen (secondary N) is 1. The van der Waals surface area contributed by atoms with Gasteiger partial charge in [-0.15, -0.1) is 0 Å². The van der Waals surface area contributed by atoms with Crippen molar-refractivity contribution >= 4 is 0 Å². The second-order valence-corrected chi connectivity index (χ2v) is 5.56. The molecule has 0 fully saturated rings. The van der Waals surface area contributed by atoms with Crippen LogP contribution in [0.4, 0.5) is 0 Å². The summed E-state index contributed by atoms with van der Waals surface area (Å²) in [5.41, 5.74) is 2.79. The molecule has 0 aliphatic rings. The van der Waals surface area contributed by atoms with Gasteiger partial charge < -0.3 is 10.1 Å². The monoisotopic (exact) mass is 263 g/mol. The number of hydrogen-bond acceptors (Lipinski definition) is 2. The maximum Gasteiger partial charge on any atom is 0.0543 e. The van der Waals surface area contributed by atoms with E-state index in [9.17, 15) is 0 Å². The molecule has 1 aromatic rings. The van der Waals surface area contributed by atoms with E-state index in [2.05, 4.69) is 57.3 Å². The Labute approximate surface area is 118 Å². The average molecular weight is 263 g/mol. The zero-order chi connectivity index (χ0) is 14.3. The van der Waals surface area contributed by atoms with Crippen LogP contribution in [-0.4, -0.2) is 19.8 Å². The minimum atomic E-state index is 0.330. The summed E-state index contributed by atoms with van der Waals surface area (Å²) in [7, 11) is 1.78. The summed E-state index contributed by atoms with van der Waals surface area (Å²) in [5, 5.41) is 3.57. The van der Waals surface area contributed by atoms with Crippen LogP contribution in [0.3, 0.4) is 0 Å². The van der Waals surface area contributed by atoms with Gasteiger partial charge in [0.25, 0.3) is 0 Å². The molecule has 2 heteroatoms. The molecule has 2 nitrogen and oxygen atoms in total. The largest absolute Gasteiger partial charge is 0.382 e. The van der Waals surface area contributed by atoms with E-state index in [1.807, 2.05) is 0 Å². The lowest BCUT2D eigenvalue weighted by Crippen LogP contribution is -2.22. The lowest BCUT2D eigenvalue weighted by Gasteiger charge is -2.20. The van der Waals surface area contributed by atoms with Crippen molar-refractivity contribution < 1.29 is 4.74 Å². The van der Waals surface area contributed by atoms with Crippen LogP contribution in [0.25, 0.3) is 0 Å². The molecule has 0 aliphatic carbocycles. The molecule has 19 heavy (non-hydrogen) atoms. The van der Waals surface area contributed by atoms with Crippen molar-refractivity contribution in [1.82, 2.24) is 5.32 Å². The van der Waals surface area contributed by atoms with E-state index in [0.717, 1.165) is 19.4 Å². The molecular weight excluding hydrogens is 234 g/mol. The second kappa shape index (κ2) is 8.34. The third-order valence-electron chi connectivity index (χ3n) is 3.72. The molecule has 1 rings (SSSR count). The minimum Gasteiger partial charge on any atom is -0.382 e. The zero-order valence-corrected chi connectivity index (χ0v) is 13.1. The van der Waals surface area contributed by atoms with Crippen LogP contribution in [-0.2, 0) is 4.74 Å². The van der Waals surface area contributed by atoms with Gasteiger partial charge >= 0.3 is 0 Å². The molecule has 1 N–H and O–H groups in total. The predicted molar refractivity (Wildman–Crippen MR) is 82.7 cm³/mol. The first kappa shape index (κ1) is 16.2. The van der Waals surface area contributed by atoms with E-state index in [1.54, 1.807) is 7.11 Å². The summed E-state index contributed by atoms with van der Waals surface area (Å²) in [4.78, 5) is 0. The van der Waals surface area contributed by atoms with Gasteiger partial charge in [0, 0.05) is 13.2 Å². The quantitative estimate of drug-likeness (QED) is 0.756. The Hall–Kier alpha value is -0.860. The molecule has 108 valence electrons. The van der Waals surface area contributed by atoms with Crippen LogP contribution in [0.2, 0.25) is 0 Å². The van der Waals surface area contributed by atoms with Gasteiger partial charge in [-0.3, -0.25) is 0 Å². The highest BCUT2D eigenvalue weighted by molar-refractivity contribution is 5.26. The Bertz CT molecular complexity index is 345. The molecule has 0 radical (unpaired) electrons. The van der Waals surface area contributed by atoms with Gasteiger partial charge in [-0.25, -0.2) is 0 Å². The molecule has 2 atom stereocenters. The number of methoxy groups -OCH3 is 1. The summed E-state index contributed by atoms with van der Waals surface area (Å²) in [6.45, 7) is 9.76. The molecule has 0 aromatic heterocycles. The normalized spacial score (nSPS) is 14.6. The summed E-state index contributed by atoms with van der Waals surface area (Å²) in [5.74, 6) is 0.597. The molecular formula is C17H29NO. The number of hydrogen-bond donors (Lipinski definition) is 1. The topological polar surface area (TPSA) is 21.3 Å². The maximum absolute atomic E-state index is 5.34. The number of rotatable bonds is 8. The first-order valence-electron chi connectivity index (χ1n) is 7.44. The van der Waals surface area contributed by atoms with Crippen LogP contribution < -0.4 is 5.32 Å². The first-order valence-corrected chi connectivity index (χ1v) is 7.44. The Balaban J connectivity index is 2.69. The molecule has 0 saturated carbocycles. The van der Waals surface area contributed by atoms with Crippen LogP contribution in [0.15, 0.2) is 24.3 Å². The Morgan fingerprint density at radius 2 is 1.58 bits per heavy atom. The van der Waals surface area contributed by atoms with Crippen LogP contribution in [0, 0.1) is 0 Å². The van der Waals surface area contributed by atoms with Gasteiger partial charge in [-0.05, 0) is 43.4 Å². The highest BCUT2D eigenvalue weighted by atomic mass is 16.5. The van der Waals surface area contributed by atoms with E-state index >= 15 is 0 Å². The number of benzene rings is 1. The lowest BCUT2D eigenvalue weighted by molar-refractivity contribution is 0.106. The van der Waals surface area contributed by atoms with Gasteiger partial charge in [-0.1, -0.05) is 45.0 Å². The van der Waals surface area contributed by atoms with E-state index in [4.69, 9.17) is 4.74 Å². The SMILES string of the molecule is CCNC(CCC(C)OC)c1ccc(C(C)C)cc1. The van der Waals surface area contributed by atoms with Crippen LogP contribution >= 0.6 is 0 Å².